The van der Waals surface area contributed by atoms with Crippen LogP contribution in [0.1, 0.15) is 5.56 Å². The molecule has 1 aliphatic heterocycles. The van der Waals surface area contributed by atoms with Gasteiger partial charge in [0.1, 0.15) is 11.5 Å². The van der Waals surface area contributed by atoms with Gasteiger partial charge < -0.3 is 9.64 Å². The van der Waals surface area contributed by atoms with Crippen molar-refractivity contribution in [2.45, 2.75) is 11.8 Å². The number of likely N-dealkylation sites (N-methyl/N-ethyl adjacent to an activating group) is 1. The molecule has 0 bridgehead atoms. The van der Waals surface area contributed by atoms with Gasteiger partial charge in [-0.3, -0.25) is 4.28 Å². The highest BCUT2D eigenvalue weighted by Crippen LogP contribution is 2.14. The molecule has 1 aromatic rings. The second-order valence-electron chi connectivity index (χ2n) is 3.99. The fourth-order valence-electron chi connectivity index (χ4n) is 1.40. The Balaban J connectivity index is 2.15. The Morgan fingerprint density at radius 2 is 2.00 bits per heavy atom. The van der Waals surface area contributed by atoms with E-state index in [1.54, 1.807) is 24.1 Å². The summed E-state index contributed by atoms with van der Waals surface area (Å²) in [4.78, 5) is 1.74. The van der Waals surface area contributed by atoms with Gasteiger partial charge in [0.05, 0.1) is 6.54 Å². The molecule has 0 unspecified atom stereocenters. The number of rotatable bonds is 3. The summed E-state index contributed by atoms with van der Waals surface area (Å²) in [6, 6.07) is 6.52. The molecule has 98 valence electrons. The predicted molar refractivity (Wildman–Crippen MR) is 65.5 cm³/mol. The fourth-order valence-corrected chi connectivity index (χ4v) is 2.12. The number of oxime groups is 1. The summed E-state index contributed by atoms with van der Waals surface area (Å²) in [5.41, 5.74) is 0.971. The molecule has 0 N–H and O–H groups in total. The van der Waals surface area contributed by atoms with Crippen molar-refractivity contribution in [3.8, 4) is 0 Å². The third-order valence-corrected chi connectivity index (χ3v) is 3.63. The highest BCUT2D eigenvalue weighted by Gasteiger charge is 2.20. The number of ether oxygens (including phenoxy) is 1. The molecule has 18 heavy (non-hydrogen) atoms. The second-order valence-corrected chi connectivity index (χ2v) is 5.51. The lowest BCUT2D eigenvalue weighted by Gasteiger charge is -2.07. The van der Waals surface area contributed by atoms with Crippen LogP contribution in [0.15, 0.2) is 34.3 Å². The number of hydrogen-bond acceptors (Lipinski definition) is 5. The van der Waals surface area contributed by atoms with Gasteiger partial charge in [0.2, 0.25) is 0 Å². The summed E-state index contributed by atoms with van der Waals surface area (Å²) in [7, 11) is -2.14. The molecule has 0 aromatic heterocycles. The minimum absolute atomic E-state index is 0.0677. The minimum Gasteiger partial charge on any atom is -0.461 e. The highest BCUT2D eigenvalue weighted by atomic mass is 32.2. The molecule has 7 heteroatoms. The SMILES string of the molecule is Cc1ccc(S(=O)(=O)ON=C2OCCN2C)cc1. The van der Waals surface area contributed by atoms with Gasteiger partial charge in [-0.05, 0) is 24.2 Å². The Morgan fingerprint density at radius 1 is 1.33 bits per heavy atom. The Bertz CT molecular complexity index is 551. The molecule has 1 fully saturated rings. The topological polar surface area (TPSA) is 68.2 Å². The number of nitrogens with zero attached hydrogens (tertiary/aromatic N) is 2. The molecular formula is C11H14N2O4S. The Hall–Kier alpha value is -1.76. The molecule has 1 saturated heterocycles. The Kier molecular flexibility index (Phi) is 3.42. The van der Waals surface area contributed by atoms with Crippen LogP contribution in [-0.2, 0) is 19.1 Å². The second kappa shape index (κ2) is 4.85. The van der Waals surface area contributed by atoms with Crippen LogP contribution < -0.4 is 0 Å². The van der Waals surface area contributed by atoms with Crippen molar-refractivity contribution in [2.75, 3.05) is 20.2 Å². The van der Waals surface area contributed by atoms with Crippen molar-refractivity contribution in [2.24, 2.45) is 5.16 Å². The first-order valence-electron chi connectivity index (χ1n) is 5.41. The van der Waals surface area contributed by atoms with Crippen molar-refractivity contribution in [3.05, 3.63) is 29.8 Å². The van der Waals surface area contributed by atoms with Crippen LogP contribution >= 0.6 is 0 Å². The van der Waals surface area contributed by atoms with E-state index in [9.17, 15) is 8.42 Å². The summed E-state index contributed by atoms with van der Waals surface area (Å²) in [6.07, 6.45) is 0. The molecule has 1 aromatic carbocycles. The predicted octanol–water partition coefficient (Wildman–Crippen LogP) is 0.933. The van der Waals surface area contributed by atoms with Gasteiger partial charge in [-0.2, -0.15) is 8.42 Å². The van der Waals surface area contributed by atoms with Crippen LogP contribution in [0.5, 0.6) is 0 Å². The zero-order valence-electron chi connectivity index (χ0n) is 10.2. The molecule has 0 amide bonds. The monoisotopic (exact) mass is 270 g/mol. The smallest absolute Gasteiger partial charge is 0.358 e. The summed E-state index contributed by atoms with van der Waals surface area (Å²) >= 11 is 0. The van der Waals surface area contributed by atoms with Crippen molar-refractivity contribution < 1.29 is 17.4 Å². The average Bonchev–Trinajstić information content (AvgIpc) is 2.73. The van der Waals surface area contributed by atoms with Gasteiger partial charge in [-0.15, -0.1) is 0 Å². The molecule has 0 spiro atoms. The third kappa shape index (κ3) is 2.73. The molecule has 0 radical (unpaired) electrons. The van der Waals surface area contributed by atoms with E-state index in [1.807, 2.05) is 6.92 Å². The molecular weight excluding hydrogens is 256 g/mol. The molecule has 1 heterocycles. The first kappa shape index (κ1) is 12.7. The minimum atomic E-state index is -3.88. The zero-order valence-corrected chi connectivity index (χ0v) is 11.0. The van der Waals surface area contributed by atoms with Crippen LogP contribution in [0.2, 0.25) is 0 Å². The van der Waals surface area contributed by atoms with Crippen LogP contribution in [0, 0.1) is 6.92 Å². The summed E-state index contributed by atoms with van der Waals surface area (Å²) in [6.45, 7) is 3.01. The van der Waals surface area contributed by atoms with Gasteiger partial charge in [0.15, 0.2) is 0 Å². The zero-order chi connectivity index (χ0) is 13.2. The van der Waals surface area contributed by atoms with Gasteiger partial charge in [-0.1, -0.05) is 17.7 Å². The molecule has 0 aliphatic carbocycles. The first-order valence-corrected chi connectivity index (χ1v) is 6.82. The number of amidine groups is 1. The van der Waals surface area contributed by atoms with E-state index in [0.717, 1.165) is 5.56 Å². The van der Waals surface area contributed by atoms with Gasteiger partial charge in [-0.25, -0.2) is 0 Å². The van der Waals surface area contributed by atoms with Gasteiger partial charge >= 0.3 is 16.1 Å². The van der Waals surface area contributed by atoms with Crippen LogP contribution in [-0.4, -0.2) is 39.5 Å². The molecule has 2 rings (SSSR count). The van der Waals surface area contributed by atoms with E-state index in [0.29, 0.717) is 13.2 Å². The van der Waals surface area contributed by atoms with Gasteiger partial charge in [0, 0.05) is 7.05 Å². The van der Waals surface area contributed by atoms with Crippen LogP contribution in [0.3, 0.4) is 0 Å². The van der Waals surface area contributed by atoms with Gasteiger partial charge in [0.25, 0.3) is 0 Å². The van der Waals surface area contributed by atoms with Crippen molar-refractivity contribution in [1.29, 1.82) is 0 Å². The average molecular weight is 270 g/mol. The maximum absolute atomic E-state index is 11.8. The maximum atomic E-state index is 11.8. The van der Waals surface area contributed by atoms with E-state index >= 15 is 0 Å². The van der Waals surface area contributed by atoms with Crippen LogP contribution in [0.4, 0.5) is 0 Å². The van der Waals surface area contributed by atoms with E-state index in [1.165, 1.54) is 12.1 Å². The van der Waals surface area contributed by atoms with E-state index in [-0.39, 0.29) is 10.9 Å². The van der Waals surface area contributed by atoms with E-state index in [2.05, 4.69) is 9.44 Å². The lowest BCUT2D eigenvalue weighted by Crippen LogP contribution is -2.20. The fraction of sp³-hybridized carbons (Fsp3) is 0.364. The lowest BCUT2D eigenvalue weighted by molar-refractivity contribution is 0.289. The summed E-state index contributed by atoms with van der Waals surface area (Å²) in [5, 5.41) is 3.51. The number of hydrogen-bond donors (Lipinski definition) is 0. The summed E-state index contributed by atoms with van der Waals surface area (Å²) < 4.78 is 33.3. The number of benzene rings is 1. The van der Waals surface area contributed by atoms with Crippen molar-refractivity contribution >= 4 is 16.1 Å². The standard InChI is InChI=1S/C11H14N2O4S/c1-9-3-5-10(6-4-9)18(14,15)17-12-11-13(2)7-8-16-11/h3-6H,7-8H2,1-2H3. The molecule has 6 nitrogen and oxygen atoms in total. The Morgan fingerprint density at radius 3 is 2.56 bits per heavy atom. The maximum Gasteiger partial charge on any atom is 0.358 e. The lowest BCUT2D eigenvalue weighted by atomic mass is 10.2. The van der Waals surface area contributed by atoms with Crippen LogP contribution in [0.25, 0.3) is 0 Å². The molecule has 1 aliphatic rings. The number of aryl methyl sites for hydroxylation is 1. The molecule has 0 atom stereocenters. The van der Waals surface area contributed by atoms with E-state index < -0.39 is 10.1 Å². The normalized spacial score (nSPS) is 17.9. The van der Waals surface area contributed by atoms with Crippen molar-refractivity contribution in [1.82, 2.24) is 4.90 Å². The summed E-state index contributed by atoms with van der Waals surface area (Å²) in [5.74, 6) is 0. The largest absolute Gasteiger partial charge is 0.461 e. The quantitative estimate of drug-likeness (QED) is 0.764. The van der Waals surface area contributed by atoms with Crippen molar-refractivity contribution in [3.63, 3.8) is 0 Å². The highest BCUT2D eigenvalue weighted by molar-refractivity contribution is 7.86. The van der Waals surface area contributed by atoms with E-state index in [4.69, 9.17) is 4.74 Å². The Labute approximate surface area is 106 Å². The third-order valence-electron chi connectivity index (χ3n) is 2.51. The first-order chi connectivity index (χ1) is 8.49. The molecule has 0 saturated carbocycles.